The molecule has 0 unspecified atom stereocenters. The molecule has 3 heterocycles. The number of ether oxygens (including phenoxy) is 1. The van der Waals surface area contributed by atoms with Crippen LogP contribution in [0.25, 0.3) is 11.1 Å². The Hall–Kier alpha value is -3.40. The highest BCUT2D eigenvalue weighted by Crippen LogP contribution is 2.40. The monoisotopic (exact) mass is 467 g/mol. The molecule has 0 fully saturated rings. The number of nitrogens with zero attached hydrogens (tertiary/aromatic N) is 3. The van der Waals surface area contributed by atoms with Gasteiger partial charge in [-0.1, -0.05) is 12.1 Å². The average molecular weight is 468 g/mol. The fourth-order valence-electron chi connectivity index (χ4n) is 4.40. The zero-order valence-corrected chi connectivity index (χ0v) is 19.5. The zero-order chi connectivity index (χ0) is 23.4. The number of carbonyl (C=O) groups excluding carboxylic acids is 1. The molecule has 0 radical (unpaired) electrons. The van der Waals surface area contributed by atoms with Gasteiger partial charge in [0.2, 0.25) is 5.88 Å². The number of aryl methyl sites for hydroxylation is 1. The lowest BCUT2D eigenvalue weighted by Crippen LogP contribution is -2.36. The van der Waals surface area contributed by atoms with Crippen LogP contribution in [0.3, 0.4) is 0 Å². The van der Waals surface area contributed by atoms with Gasteiger partial charge in [0, 0.05) is 23.5 Å². The van der Waals surface area contributed by atoms with Gasteiger partial charge in [0.15, 0.2) is 5.03 Å². The maximum absolute atomic E-state index is 12.9. The molecule has 1 aliphatic heterocycles. The summed E-state index contributed by atoms with van der Waals surface area (Å²) in [4.78, 5) is 17.3. The fourth-order valence-corrected chi connectivity index (χ4v) is 5.23. The van der Waals surface area contributed by atoms with Crippen molar-refractivity contribution < 1.29 is 17.9 Å². The number of nitrogens with one attached hydrogen (secondary N) is 2. The Bertz CT molecular complexity index is 1380. The van der Waals surface area contributed by atoms with E-state index in [-0.39, 0.29) is 11.6 Å². The summed E-state index contributed by atoms with van der Waals surface area (Å²) in [7, 11) is -4.16. The summed E-state index contributed by atoms with van der Waals surface area (Å²) in [6.07, 6.45) is 5.93. The topological polar surface area (TPSA) is 115 Å². The number of hydrogen-bond acceptors (Lipinski definition) is 6. The van der Waals surface area contributed by atoms with Gasteiger partial charge in [0.05, 0.1) is 11.2 Å². The van der Waals surface area contributed by atoms with Crippen molar-refractivity contribution in [2.24, 2.45) is 0 Å². The summed E-state index contributed by atoms with van der Waals surface area (Å²) in [6, 6.07) is 6.44. The van der Waals surface area contributed by atoms with Gasteiger partial charge in [-0.3, -0.25) is 4.68 Å². The minimum atomic E-state index is -4.16. The van der Waals surface area contributed by atoms with Crippen molar-refractivity contribution in [2.75, 3.05) is 11.9 Å². The normalized spacial score (nSPS) is 18.6. The van der Waals surface area contributed by atoms with E-state index < -0.39 is 21.6 Å². The molecular formula is C23H25N5O4S. The molecule has 2 amide bonds. The van der Waals surface area contributed by atoms with Gasteiger partial charge < -0.3 is 10.1 Å². The molecular weight excluding hydrogens is 442 g/mol. The Kier molecular flexibility index (Phi) is 4.93. The van der Waals surface area contributed by atoms with Crippen LogP contribution in [0, 0.1) is 6.92 Å². The van der Waals surface area contributed by atoms with E-state index in [1.165, 1.54) is 10.7 Å². The third kappa shape index (κ3) is 3.74. The third-order valence-electron chi connectivity index (χ3n) is 6.22. The summed E-state index contributed by atoms with van der Waals surface area (Å²) < 4.78 is 35.4. The van der Waals surface area contributed by atoms with Gasteiger partial charge in [0.1, 0.15) is 6.61 Å². The highest BCUT2D eigenvalue weighted by atomic mass is 32.2. The number of rotatable bonds is 0. The molecule has 2 N–H and O–H groups in total. The molecule has 33 heavy (non-hydrogen) atoms. The maximum atomic E-state index is 12.9. The number of urea groups is 1. The van der Waals surface area contributed by atoms with Gasteiger partial charge in [-0.25, -0.2) is 14.5 Å². The van der Waals surface area contributed by atoms with Crippen LogP contribution in [-0.4, -0.2) is 35.8 Å². The Balaban J connectivity index is 1.70. The number of hydrogen-bond donors (Lipinski definition) is 2. The van der Waals surface area contributed by atoms with Crippen molar-refractivity contribution in [1.29, 1.82) is 0 Å². The number of carbonyl (C=O) groups is 1. The standard InChI is InChI=1S/C23H25N5O4S/c1-14-16-9-11-24-21(14)32-13-23(2,3)28-12-10-19(26-28)33(30,31)27-22(29)25-20-17-6-4-5-15(17)7-8-18(16)20/h7-12H,4-6,13H2,1-3H3,(H2,25,27,29). The molecule has 4 bridgehead atoms. The molecule has 5 rings (SSSR count). The molecule has 9 nitrogen and oxygen atoms in total. The molecule has 3 aromatic rings. The SMILES string of the molecule is Cc1c2ccnc1OCC(C)(C)n1ccc(n1)S(=O)(=O)NC(=O)Nc1c-2ccc2c1CCC2. The fraction of sp³-hybridized carbons (Fsp3) is 0.348. The van der Waals surface area contributed by atoms with Crippen molar-refractivity contribution in [3.8, 4) is 17.0 Å². The minimum absolute atomic E-state index is 0.215. The number of sulfonamides is 1. The highest BCUT2D eigenvalue weighted by molar-refractivity contribution is 7.90. The first-order valence-electron chi connectivity index (χ1n) is 10.8. The summed E-state index contributed by atoms with van der Waals surface area (Å²) in [5.41, 5.74) is 4.61. The van der Waals surface area contributed by atoms with E-state index in [2.05, 4.69) is 26.2 Å². The zero-order valence-electron chi connectivity index (χ0n) is 18.7. The summed E-state index contributed by atoms with van der Waals surface area (Å²) >= 11 is 0. The van der Waals surface area contributed by atoms with Crippen molar-refractivity contribution in [3.05, 3.63) is 53.3 Å². The highest BCUT2D eigenvalue weighted by Gasteiger charge is 2.29. The predicted molar refractivity (Wildman–Crippen MR) is 123 cm³/mol. The number of aromatic nitrogens is 3. The lowest BCUT2D eigenvalue weighted by Gasteiger charge is -2.26. The molecule has 0 atom stereocenters. The molecule has 172 valence electrons. The number of fused-ring (bicyclic) bond motifs is 8. The third-order valence-corrected chi connectivity index (χ3v) is 7.44. The second kappa shape index (κ2) is 7.58. The van der Waals surface area contributed by atoms with E-state index in [1.54, 1.807) is 12.4 Å². The Morgan fingerprint density at radius 3 is 2.76 bits per heavy atom. The van der Waals surface area contributed by atoms with E-state index in [0.717, 1.165) is 47.1 Å². The van der Waals surface area contributed by atoms with Crippen molar-refractivity contribution >= 4 is 21.7 Å². The first-order chi connectivity index (χ1) is 15.7. The number of benzene rings is 1. The van der Waals surface area contributed by atoms with Crippen molar-refractivity contribution in [3.63, 3.8) is 0 Å². The number of amides is 2. The van der Waals surface area contributed by atoms with Gasteiger partial charge in [-0.05, 0) is 68.9 Å². The van der Waals surface area contributed by atoms with E-state index >= 15 is 0 Å². The van der Waals surface area contributed by atoms with Crippen LogP contribution in [0.4, 0.5) is 10.5 Å². The Morgan fingerprint density at radius 1 is 1.12 bits per heavy atom. The summed E-state index contributed by atoms with van der Waals surface area (Å²) in [5.74, 6) is 0.478. The van der Waals surface area contributed by atoms with Gasteiger partial charge in [-0.2, -0.15) is 13.5 Å². The second-order valence-electron chi connectivity index (χ2n) is 9.03. The summed E-state index contributed by atoms with van der Waals surface area (Å²) in [5, 5.41) is 6.77. The average Bonchev–Trinajstić information content (AvgIpc) is 3.43. The lowest BCUT2D eigenvalue weighted by molar-refractivity contribution is 0.163. The van der Waals surface area contributed by atoms with Crippen LogP contribution < -0.4 is 14.8 Å². The minimum Gasteiger partial charge on any atom is -0.475 e. The quantitative estimate of drug-likeness (QED) is 0.524. The Morgan fingerprint density at radius 2 is 1.94 bits per heavy atom. The van der Waals surface area contributed by atoms with Crippen LogP contribution in [0.5, 0.6) is 5.88 Å². The van der Waals surface area contributed by atoms with Crippen LogP contribution in [0.1, 0.15) is 37.0 Å². The number of pyridine rings is 1. The largest absolute Gasteiger partial charge is 0.475 e. The van der Waals surface area contributed by atoms with Gasteiger partial charge >= 0.3 is 6.03 Å². The van der Waals surface area contributed by atoms with Crippen LogP contribution in [0.15, 0.2) is 41.7 Å². The van der Waals surface area contributed by atoms with Crippen LogP contribution in [0.2, 0.25) is 0 Å². The number of anilines is 1. The molecule has 0 spiro atoms. The molecule has 1 aromatic carbocycles. The van der Waals surface area contributed by atoms with E-state index in [0.29, 0.717) is 11.6 Å². The Labute approximate surface area is 192 Å². The van der Waals surface area contributed by atoms with Crippen molar-refractivity contribution in [1.82, 2.24) is 19.5 Å². The summed E-state index contributed by atoms with van der Waals surface area (Å²) in [6.45, 7) is 5.90. The molecule has 10 heteroatoms. The lowest BCUT2D eigenvalue weighted by atomic mass is 9.95. The second-order valence-corrected chi connectivity index (χ2v) is 10.7. The van der Waals surface area contributed by atoms with Gasteiger partial charge in [0.25, 0.3) is 10.0 Å². The smallest absolute Gasteiger partial charge is 0.333 e. The first kappa shape index (κ1) is 21.4. The van der Waals surface area contributed by atoms with Crippen LogP contribution >= 0.6 is 0 Å². The molecule has 2 aromatic heterocycles. The van der Waals surface area contributed by atoms with Gasteiger partial charge in [-0.15, -0.1) is 0 Å². The molecule has 0 saturated heterocycles. The van der Waals surface area contributed by atoms with E-state index in [4.69, 9.17) is 4.74 Å². The van der Waals surface area contributed by atoms with E-state index in [9.17, 15) is 13.2 Å². The predicted octanol–water partition coefficient (Wildman–Crippen LogP) is 3.38. The first-order valence-corrected chi connectivity index (χ1v) is 12.3. The van der Waals surface area contributed by atoms with E-state index in [1.807, 2.05) is 32.9 Å². The van der Waals surface area contributed by atoms with Crippen molar-refractivity contribution in [2.45, 2.75) is 50.6 Å². The molecule has 0 saturated carbocycles. The van der Waals surface area contributed by atoms with Crippen LogP contribution in [-0.2, 0) is 28.4 Å². The molecule has 2 aliphatic rings. The maximum Gasteiger partial charge on any atom is 0.333 e. The molecule has 1 aliphatic carbocycles.